The fraction of sp³-hybridized carbons (Fsp3) is 0.200. The lowest BCUT2D eigenvalue weighted by Gasteiger charge is -2.15. The molecule has 0 saturated carbocycles. The van der Waals surface area contributed by atoms with Gasteiger partial charge in [0.15, 0.2) is 0 Å². The molecule has 4 heteroatoms. The highest BCUT2D eigenvalue weighted by atomic mass is 19.4. The Bertz CT molecular complexity index is 558. The van der Waals surface area contributed by atoms with Gasteiger partial charge in [0.1, 0.15) is 0 Å². The summed E-state index contributed by atoms with van der Waals surface area (Å²) in [5.41, 5.74) is 7.67. The van der Waals surface area contributed by atoms with Gasteiger partial charge in [-0.1, -0.05) is 42.0 Å². The molecular weight excluding hydrogens is 251 g/mol. The highest BCUT2D eigenvalue weighted by Crippen LogP contribution is 2.31. The summed E-state index contributed by atoms with van der Waals surface area (Å²) in [5.74, 6) is 0. The summed E-state index contributed by atoms with van der Waals surface area (Å²) >= 11 is 0. The Balaban J connectivity index is 2.34. The first kappa shape index (κ1) is 13.6. The van der Waals surface area contributed by atoms with Crippen LogP contribution in [0.3, 0.4) is 0 Å². The molecule has 0 radical (unpaired) electrons. The van der Waals surface area contributed by atoms with Crippen molar-refractivity contribution in [2.45, 2.75) is 19.1 Å². The molecular formula is C15H14F3N. The quantitative estimate of drug-likeness (QED) is 0.870. The first-order valence-electron chi connectivity index (χ1n) is 5.87. The molecule has 0 aliphatic rings. The van der Waals surface area contributed by atoms with E-state index in [1.165, 1.54) is 6.07 Å². The summed E-state index contributed by atoms with van der Waals surface area (Å²) < 4.78 is 37.9. The van der Waals surface area contributed by atoms with Crippen molar-refractivity contribution in [3.63, 3.8) is 0 Å². The zero-order valence-corrected chi connectivity index (χ0v) is 10.4. The second kappa shape index (κ2) is 5.05. The average Bonchev–Trinajstić information content (AvgIpc) is 2.38. The number of aryl methyl sites for hydroxylation is 1. The predicted molar refractivity (Wildman–Crippen MR) is 68.7 cm³/mol. The maximum Gasteiger partial charge on any atom is 0.416 e. The molecule has 0 saturated heterocycles. The summed E-state index contributed by atoms with van der Waals surface area (Å²) in [5, 5.41) is 0. The van der Waals surface area contributed by atoms with E-state index in [4.69, 9.17) is 5.73 Å². The third-order valence-corrected chi connectivity index (χ3v) is 3.01. The van der Waals surface area contributed by atoms with E-state index in [9.17, 15) is 13.2 Å². The van der Waals surface area contributed by atoms with E-state index in [-0.39, 0.29) is 0 Å². The topological polar surface area (TPSA) is 26.0 Å². The van der Waals surface area contributed by atoms with E-state index in [2.05, 4.69) is 0 Å². The summed E-state index contributed by atoms with van der Waals surface area (Å²) in [6, 6.07) is 12.0. The van der Waals surface area contributed by atoms with Gasteiger partial charge in [0.2, 0.25) is 0 Å². The molecule has 2 N–H and O–H groups in total. The van der Waals surface area contributed by atoms with Crippen LogP contribution >= 0.6 is 0 Å². The fourth-order valence-electron chi connectivity index (χ4n) is 1.87. The van der Waals surface area contributed by atoms with Crippen LogP contribution in [0.1, 0.15) is 28.3 Å². The van der Waals surface area contributed by atoms with Gasteiger partial charge >= 0.3 is 6.18 Å². The molecule has 0 amide bonds. The lowest BCUT2D eigenvalue weighted by atomic mass is 9.97. The molecule has 0 spiro atoms. The average molecular weight is 265 g/mol. The predicted octanol–water partition coefficient (Wildman–Crippen LogP) is 4.06. The Morgan fingerprint density at radius 1 is 0.947 bits per heavy atom. The standard InChI is InChI=1S/C15H14F3N/c1-10-5-7-11(8-6-10)14(19)12-3-2-4-13(9-12)15(16,17)18/h2-9,14H,19H2,1H3/t14-/m0/s1. The molecule has 0 aromatic heterocycles. The molecule has 2 aromatic rings. The summed E-state index contributed by atoms with van der Waals surface area (Å²) in [6.07, 6.45) is -4.34. The third kappa shape index (κ3) is 3.15. The molecule has 0 fully saturated rings. The smallest absolute Gasteiger partial charge is 0.320 e. The van der Waals surface area contributed by atoms with Gasteiger partial charge in [0.25, 0.3) is 0 Å². The third-order valence-electron chi connectivity index (χ3n) is 3.01. The molecule has 2 rings (SSSR count). The Morgan fingerprint density at radius 2 is 1.58 bits per heavy atom. The van der Waals surface area contributed by atoms with Crippen LogP contribution in [0.25, 0.3) is 0 Å². The minimum atomic E-state index is -4.34. The number of rotatable bonds is 2. The first-order valence-corrected chi connectivity index (χ1v) is 5.87. The lowest BCUT2D eigenvalue weighted by molar-refractivity contribution is -0.137. The van der Waals surface area contributed by atoms with Crippen molar-refractivity contribution in [1.82, 2.24) is 0 Å². The zero-order valence-electron chi connectivity index (χ0n) is 10.4. The van der Waals surface area contributed by atoms with Crippen LogP contribution in [0.4, 0.5) is 13.2 Å². The Labute approximate surface area is 109 Å². The first-order chi connectivity index (χ1) is 8.88. The lowest BCUT2D eigenvalue weighted by Crippen LogP contribution is -2.13. The summed E-state index contributed by atoms with van der Waals surface area (Å²) in [4.78, 5) is 0. The number of hydrogen-bond acceptors (Lipinski definition) is 1. The molecule has 1 nitrogen and oxygen atoms in total. The molecule has 19 heavy (non-hydrogen) atoms. The normalized spacial score (nSPS) is 13.3. The molecule has 2 aromatic carbocycles. The molecule has 0 bridgehead atoms. The largest absolute Gasteiger partial charge is 0.416 e. The van der Waals surface area contributed by atoms with Crippen LogP contribution in [0.5, 0.6) is 0 Å². The van der Waals surface area contributed by atoms with Crippen LogP contribution in [0.2, 0.25) is 0 Å². The van der Waals surface area contributed by atoms with Gasteiger partial charge < -0.3 is 5.73 Å². The van der Waals surface area contributed by atoms with E-state index in [1.54, 1.807) is 6.07 Å². The minimum Gasteiger partial charge on any atom is -0.320 e. The zero-order chi connectivity index (χ0) is 14.0. The second-order valence-corrected chi connectivity index (χ2v) is 4.51. The van der Waals surface area contributed by atoms with E-state index >= 15 is 0 Å². The highest BCUT2D eigenvalue weighted by Gasteiger charge is 2.30. The Kier molecular flexibility index (Phi) is 3.62. The van der Waals surface area contributed by atoms with Crippen molar-refractivity contribution in [3.8, 4) is 0 Å². The van der Waals surface area contributed by atoms with Gasteiger partial charge in [-0.25, -0.2) is 0 Å². The van der Waals surface area contributed by atoms with Gasteiger partial charge in [-0.3, -0.25) is 0 Å². The van der Waals surface area contributed by atoms with Gasteiger partial charge in [-0.05, 0) is 30.2 Å². The maximum absolute atomic E-state index is 12.6. The van der Waals surface area contributed by atoms with Crippen molar-refractivity contribution in [2.75, 3.05) is 0 Å². The number of benzene rings is 2. The van der Waals surface area contributed by atoms with Gasteiger partial charge in [0.05, 0.1) is 11.6 Å². The monoisotopic (exact) mass is 265 g/mol. The van der Waals surface area contributed by atoms with Crippen LogP contribution in [0, 0.1) is 6.92 Å². The van der Waals surface area contributed by atoms with Crippen LogP contribution in [0.15, 0.2) is 48.5 Å². The van der Waals surface area contributed by atoms with Gasteiger partial charge in [-0.15, -0.1) is 0 Å². The van der Waals surface area contributed by atoms with Crippen LogP contribution in [-0.2, 0) is 6.18 Å². The molecule has 0 heterocycles. The molecule has 100 valence electrons. The maximum atomic E-state index is 12.6. The van der Waals surface area contributed by atoms with Crippen LogP contribution in [-0.4, -0.2) is 0 Å². The molecule has 0 aliphatic carbocycles. The van der Waals surface area contributed by atoms with Gasteiger partial charge in [-0.2, -0.15) is 13.2 Å². The minimum absolute atomic E-state index is 0.457. The van der Waals surface area contributed by atoms with E-state index in [0.29, 0.717) is 5.56 Å². The Morgan fingerprint density at radius 3 is 2.16 bits per heavy atom. The molecule has 1 atom stereocenters. The van der Waals surface area contributed by atoms with Gasteiger partial charge in [0, 0.05) is 0 Å². The van der Waals surface area contributed by atoms with Crippen molar-refractivity contribution in [1.29, 1.82) is 0 Å². The number of nitrogens with two attached hydrogens (primary N) is 1. The summed E-state index contributed by atoms with van der Waals surface area (Å²) in [7, 11) is 0. The van der Waals surface area contributed by atoms with E-state index in [0.717, 1.165) is 23.3 Å². The number of hydrogen-bond donors (Lipinski definition) is 1. The number of halogens is 3. The molecule has 0 unspecified atom stereocenters. The fourth-order valence-corrected chi connectivity index (χ4v) is 1.87. The van der Waals surface area contributed by atoms with Crippen molar-refractivity contribution in [3.05, 3.63) is 70.8 Å². The summed E-state index contributed by atoms with van der Waals surface area (Å²) in [6.45, 7) is 1.94. The highest BCUT2D eigenvalue weighted by molar-refractivity contribution is 5.35. The van der Waals surface area contributed by atoms with Crippen molar-refractivity contribution < 1.29 is 13.2 Å². The second-order valence-electron chi connectivity index (χ2n) is 4.51. The van der Waals surface area contributed by atoms with Crippen LogP contribution < -0.4 is 5.73 Å². The van der Waals surface area contributed by atoms with Crippen molar-refractivity contribution >= 4 is 0 Å². The van der Waals surface area contributed by atoms with E-state index < -0.39 is 17.8 Å². The number of alkyl halides is 3. The van der Waals surface area contributed by atoms with E-state index in [1.807, 2.05) is 31.2 Å². The van der Waals surface area contributed by atoms with Crippen molar-refractivity contribution in [2.24, 2.45) is 5.73 Å². The SMILES string of the molecule is Cc1ccc([C@H](N)c2cccc(C(F)(F)F)c2)cc1. The molecule has 0 aliphatic heterocycles. The Hall–Kier alpha value is -1.81.